The highest BCUT2D eigenvalue weighted by Gasteiger charge is 2.18. The van der Waals surface area contributed by atoms with E-state index in [-0.39, 0.29) is 23.8 Å². The summed E-state index contributed by atoms with van der Waals surface area (Å²) in [5.74, 6) is -0.614. The monoisotopic (exact) mass is 386 g/mol. The maximum absolute atomic E-state index is 12.5. The Labute approximate surface area is 167 Å². The van der Waals surface area contributed by atoms with Gasteiger partial charge in [-0.15, -0.1) is 0 Å². The summed E-state index contributed by atoms with van der Waals surface area (Å²) >= 11 is 0. The quantitative estimate of drug-likeness (QED) is 0.273. The molecule has 0 aliphatic carbocycles. The number of ketones is 1. The van der Waals surface area contributed by atoms with Gasteiger partial charge in [-0.05, 0) is 43.3 Å². The number of fused-ring (bicyclic) bond motifs is 1. The predicted octanol–water partition coefficient (Wildman–Crippen LogP) is 4.69. The lowest BCUT2D eigenvalue weighted by Gasteiger charge is -2.00. The zero-order valence-electron chi connectivity index (χ0n) is 15.7. The number of nitrogens with zero attached hydrogens (tertiary/aromatic N) is 2. The summed E-state index contributed by atoms with van der Waals surface area (Å²) in [5.41, 5.74) is 2.07. The molecule has 0 atom stereocenters. The minimum absolute atomic E-state index is 0.143. The molecule has 0 aliphatic heterocycles. The van der Waals surface area contributed by atoms with Gasteiger partial charge in [0.05, 0.1) is 12.3 Å². The maximum atomic E-state index is 12.5. The third-order valence-corrected chi connectivity index (χ3v) is 4.31. The molecule has 6 nitrogen and oxygen atoms in total. The second kappa shape index (κ2) is 7.98. The summed E-state index contributed by atoms with van der Waals surface area (Å²) in [7, 11) is 0. The van der Waals surface area contributed by atoms with Gasteiger partial charge in [-0.2, -0.15) is 5.10 Å². The van der Waals surface area contributed by atoms with Crippen LogP contribution >= 0.6 is 0 Å². The molecular weight excluding hydrogens is 368 g/mol. The van der Waals surface area contributed by atoms with Crippen LogP contribution in [0.25, 0.3) is 22.7 Å². The number of allylic oxidation sites excluding steroid dienone is 1. The molecule has 0 unspecified atom stereocenters. The predicted molar refractivity (Wildman–Crippen MR) is 109 cm³/mol. The fraction of sp³-hybridized carbons (Fsp3) is 0.0870. The molecular formula is C23H18N2O4. The number of aromatic nitrogens is 2. The van der Waals surface area contributed by atoms with Crippen LogP contribution in [0.15, 0.2) is 77.4 Å². The largest absolute Gasteiger partial charge is 0.461 e. The Morgan fingerprint density at radius 2 is 1.86 bits per heavy atom. The van der Waals surface area contributed by atoms with E-state index in [1.807, 2.05) is 48.5 Å². The highest BCUT2D eigenvalue weighted by Crippen LogP contribution is 2.20. The number of hydrogen-bond donors (Lipinski definition) is 0. The van der Waals surface area contributed by atoms with Gasteiger partial charge in [0, 0.05) is 17.1 Å². The second-order valence-electron chi connectivity index (χ2n) is 6.28. The number of ether oxygens (including phenoxy) is 1. The molecule has 29 heavy (non-hydrogen) atoms. The van der Waals surface area contributed by atoms with Crippen molar-refractivity contribution in [2.45, 2.75) is 6.92 Å². The Bertz CT molecular complexity index is 1170. The minimum Gasteiger partial charge on any atom is -0.461 e. The van der Waals surface area contributed by atoms with Crippen molar-refractivity contribution in [3.63, 3.8) is 0 Å². The SMILES string of the molecule is CCOC(=O)c1nn(-c2ccccc2)cc1/C=C/C(=O)c1cc2ccccc2o1. The molecule has 0 bridgehead atoms. The average molecular weight is 386 g/mol. The zero-order chi connectivity index (χ0) is 20.2. The van der Waals surface area contributed by atoms with Crippen LogP contribution in [-0.4, -0.2) is 28.1 Å². The normalized spacial score (nSPS) is 11.2. The van der Waals surface area contributed by atoms with Gasteiger partial charge in [0.25, 0.3) is 0 Å². The molecule has 2 aromatic heterocycles. The van der Waals surface area contributed by atoms with E-state index in [1.54, 1.807) is 36.0 Å². The van der Waals surface area contributed by atoms with Gasteiger partial charge < -0.3 is 9.15 Å². The lowest BCUT2D eigenvalue weighted by atomic mass is 10.2. The summed E-state index contributed by atoms with van der Waals surface area (Å²) < 4.78 is 12.3. The Morgan fingerprint density at radius 3 is 2.62 bits per heavy atom. The summed E-state index contributed by atoms with van der Waals surface area (Å²) in [6.07, 6.45) is 4.60. The molecule has 144 valence electrons. The molecule has 4 rings (SSSR count). The van der Waals surface area contributed by atoms with E-state index in [0.717, 1.165) is 11.1 Å². The van der Waals surface area contributed by atoms with Crippen LogP contribution in [0.3, 0.4) is 0 Å². The second-order valence-corrected chi connectivity index (χ2v) is 6.28. The lowest BCUT2D eigenvalue weighted by Crippen LogP contribution is -2.08. The zero-order valence-corrected chi connectivity index (χ0v) is 15.7. The minimum atomic E-state index is -0.544. The number of carbonyl (C=O) groups excluding carboxylic acids is 2. The van der Waals surface area contributed by atoms with Crippen molar-refractivity contribution < 1.29 is 18.7 Å². The lowest BCUT2D eigenvalue weighted by molar-refractivity contribution is 0.0518. The molecule has 0 radical (unpaired) electrons. The van der Waals surface area contributed by atoms with E-state index in [1.165, 1.54) is 6.08 Å². The summed E-state index contributed by atoms with van der Waals surface area (Å²) in [5, 5.41) is 5.20. The van der Waals surface area contributed by atoms with Gasteiger partial charge in [-0.3, -0.25) is 4.79 Å². The van der Waals surface area contributed by atoms with Crippen LogP contribution in [-0.2, 0) is 4.74 Å². The number of carbonyl (C=O) groups is 2. The van der Waals surface area contributed by atoms with Gasteiger partial charge in [-0.1, -0.05) is 36.4 Å². The van der Waals surface area contributed by atoms with Crippen molar-refractivity contribution >= 4 is 28.8 Å². The Balaban J connectivity index is 1.66. The van der Waals surface area contributed by atoms with Crippen molar-refractivity contribution in [1.82, 2.24) is 9.78 Å². The number of rotatable bonds is 6. The van der Waals surface area contributed by atoms with Crippen LogP contribution in [0.4, 0.5) is 0 Å². The summed E-state index contributed by atoms with van der Waals surface area (Å²) in [6.45, 7) is 1.96. The number of furan rings is 1. The van der Waals surface area contributed by atoms with Gasteiger partial charge >= 0.3 is 5.97 Å². The van der Waals surface area contributed by atoms with Crippen LogP contribution in [0.1, 0.15) is 33.5 Å². The van der Waals surface area contributed by atoms with Gasteiger partial charge in [0.2, 0.25) is 5.78 Å². The van der Waals surface area contributed by atoms with Crippen molar-refractivity contribution in [1.29, 1.82) is 0 Å². The maximum Gasteiger partial charge on any atom is 0.359 e. The number of para-hydroxylation sites is 2. The Hall–Kier alpha value is -3.93. The van der Waals surface area contributed by atoms with Gasteiger partial charge in [0.1, 0.15) is 5.58 Å². The third-order valence-electron chi connectivity index (χ3n) is 4.31. The van der Waals surface area contributed by atoms with E-state index in [2.05, 4.69) is 5.10 Å². The Morgan fingerprint density at radius 1 is 1.10 bits per heavy atom. The first kappa shape index (κ1) is 18.4. The number of benzene rings is 2. The van der Waals surface area contributed by atoms with Crippen molar-refractivity contribution in [3.05, 3.63) is 90.0 Å². The molecule has 0 amide bonds. The molecule has 0 spiro atoms. The van der Waals surface area contributed by atoms with E-state index < -0.39 is 5.97 Å². The Kier molecular flexibility index (Phi) is 5.07. The summed E-state index contributed by atoms with van der Waals surface area (Å²) in [6, 6.07) is 18.5. The van der Waals surface area contributed by atoms with Crippen molar-refractivity contribution in [3.8, 4) is 5.69 Å². The highest BCUT2D eigenvalue weighted by atomic mass is 16.5. The smallest absolute Gasteiger partial charge is 0.359 e. The van der Waals surface area contributed by atoms with Crippen LogP contribution in [0.5, 0.6) is 0 Å². The molecule has 4 aromatic rings. The standard InChI is InChI=1S/C23H18N2O4/c1-2-28-23(27)22-17(15-25(24-22)18-9-4-3-5-10-18)12-13-19(26)21-14-16-8-6-7-11-20(16)29-21/h3-15H,2H2,1H3/b13-12+. The summed E-state index contributed by atoms with van der Waals surface area (Å²) in [4.78, 5) is 24.9. The van der Waals surface area contributed by atoms with Gasteiger partial charge in [-0.25, -0.2) is 9.48 Å². The molecule has 0 saturated heterocycles. The molecule has 6 heteroatoms. The van der Waals surface area contributed by atoms with Crippen LogP contribution in [0, 0.1) is 0 Å². The first-order valence-electron chi connectivity index (χ1n) is 9.19. The van der Waals surface area contributed by atoms with Gasteiger partial charge in [0.15, 0.2) is 11.5 Å². The van der Waals surface area contributed by atoms with Crippen molar-refractivity contribution in [2.24, 2.45) is 0 Å². The molecule has 0 saturated carbocycles. The van der Waals surface area contributed by atoms with E-state index >= 15 is 0 Å². The molecule has 0 N–H and O–H groups in total. The molecule has 2 aromatic carbocycles. The third kappa shape index (κ3) is 3.87. The van der Waals surface area contributed by atoms with E-state index in [4.69, 9.17) is 9.15 Å². The van der Waals surface area contributed by atoms with Crippen molar-refractivity contribution in [2.75, 3.05) is 6.61 Å². The highest BCUT2D eigenvalue weighted by molar-refractivity contribution is 6.07. The van der Waals surface area contributed by atoms with Crippen LogP contribution < -0.4 is 0 Å². The first-order chi connectivity index (χ1) is 14.2. The molecule has 0 aliphatic rings. The fourth-order valence-corrected chi connectivity index (χ4v) is 2.93. The molecule has 2 heterocycles. The molecule has 0 fully saturated rings. The first-order valence-corrected chi connectivity index (χ1v) is 9.19. The van der Waals surface area contributed by atoms with E-state index in [0.29, 0.717) is 11.1 Å². The van der Waals surface area contributed by atoms with E-state index in [9.17, 15) is 9.59 Å². The topological polar surface area (TPSA) is 74.3 Å². The van der Waals surface area contributed by atoms with Crippen LogP contribution in [0.2, 0.25) is 0 Å². The number of hydrogen-bond acceptors (Lipinski definition) is 5. The fourth-order valence-electron chi connectivity index (χ4n) is 2.93. The number of esters is 1. The average Bonchev–Trinajstić information content (AvgIpc) is 3.37.